The Morgan fingerprint density at radius 1 is 1.28 bits per heavy atom. The van der Waals surface area contributed by atoms with Gasteiger partial charge in [-0.2, -0.15) is 5.10 Å². The molecular formula is C13H19N5. The van der Waals surface area contributed by atoms with Crippen LogP contribution in [0.1, 0.15) is 33.5 Å². The molecule has 2 N–H and O–H groups in total. The Kier molecular flexibility index (Phi) is 3.07. The molecule has 0 bridgehead atoms. The highest BCUT2D eigenvalue weighted by atomic mass is 15.3. The predicted molar refractivity (Wildman–Crippen MR) is 72.0 cm³/mol. The summed E-state index contributed by atoms with van der Waals surface area (Å²) >= 11 is 0. The van der Waals surface area contributed by atoms with E-state index < -0.39 is 0 Å². The monoisotopic (exact) mass is 245 g/mol. The SMILES string of the molecule is CCn1cc(-c2cc(N)nc(C(C)(C)C)n2)cn1. The molecule has 5 nitrogen and oxygen atoms in total. The van der Waals surface area contributed by atoms with Crippen molar-refractivity contribution in [3.05, 3.63) is 24.3 Å². The van der Waals surface area contributed by atoms with Gasteiger partial charge in [-0.05, 0) is 6.92 Å². The van der Waals surface area contributed by atoms with Gasteiger partial charge in [0.05, 0.1) is 11.9 Å². The maximum absolute atomic E-state index is 5.85. The van der Waals surface area contributed by atoms with E-state index >= 15 is 0 Å². The van der Waals surface area contributed by atoms with Crippen molar-refractivity contribution >= 4 is 5.82 Å². The van der Waals surface area contributed by atoms with Crippen molar-refractivity contribution < 1.29 is 0 Å². The highest BCUT2D eigenvalue weighted by Gasteiger charge is 2.19. The third-order valence-electron chi connectivity index (χ3n) is 2.67. The van der Waals surface area contributed by atoms with Crippen molar-refractivity contribution in [3.8, 4) is 11.3 Å². The van der Waals surface area contributed by atoms with Gasteiger partial charge in [0, 0.05) is 29.8 Å². The van der Waals surface area contributed by atoms with Crippen LogP contribution in [0.5, 0.6) is 0 Å². The zero-order valence-corrected chi connectivity index (χ0v) is 11.3. The van der Waals surface area contributed by atoms with Crippen LogP contribution in [0.15, 0.2) is 18.5 Å². The van der Waals surface area contributed by atoms with Crippen LogP contribution in [0.4, 0.5) is 5.82 Å². The van der Waals surface area contributed by atoms with Crippen LogP contribution in [0.2, 0.25) is 0 Å². The van der Waals surface area contributed by atoms with Gasteiger partial charge in [-0.15, -0.1) is 0 Å². The Bertz CT molecular complexity index is 551. The molecule has 0 saturated heterocycles. The number of aryl methyl sites for hydroxylation is 1. The summed E-state index contributed by atoms with van der Waals surface area (Å²) in [7, 11) is 0. The first-order chi connectivity index (χ1) is 8.40. The van der Waals surface area contributed by atoms with Gasteiger partial charge in [0.25, 0.3) is 0 Å². The van der Waals surface area contributed by atoms with Gasteiger partial charge in [0.15, 0.2) is 0 Å². The lowest BCUT2D eigenvalue weighted by molar-refractivity contribution is 0.547. The summed E-state index contributed by atoms with van der Waals surface area (Å²) in [6.45, 7) is 9.10. The first-order valence-corrected chi connectivity index (χ1v) is 6.08. The van der Waals surface area contributed by atoms with E-state index in [4.69, 9.17) is 5.73 Å². The second kappa shape index (κ2) is 4.40. The van der Waals surface area contributed by atoms with E-state index in [9.17, 15) is 0 Å². The van der Waals surface area contributed by atoms with Gasteiger partial charge in [-0.3, -0.25) is 4.68 Å². The predicted octanol–water partition coefficient (Wildman–Crippen LogP) is 2.24. The average molecular weight is 245 g/mol. The molecule has 2 aromatic heterocycles. The Morgan fingerprint density at radius 3 is 2.56 bits per heavy atom. The summed E-state index contributed by atoms with van der Waals surface area (Å²) < 4.78 is 1.87. The number of nitrogens with zero attached hydrogens (tertiary/aromatic N) is 4. The van der Waals surface area contributed by atoms with Crippen molar-refractivity contribution in [1.82, 2.24) is 19.7 Å². The quantitative estimate of drug-likeness (QED) is 0.881. The molecule has 0 fully saturated rings. The molecule has 0 radical (unpaired) electrons. The van der Waals surface area contributed by atoms with Crippen LogP contribution < -0.4 is 5.73 Å². The molecular weight excluding hydrogens is 226 g/mol. The number of rotatable bonds is 2. The third-order valence-corrected chi connectivity index (χ3v) is 2.67. The van der Waals surface area contributed by atoms with Crippen molar-refractivity contribution in [2.24, 2.45) is 0 Å². The van der Waals surface area contributed by atoms with Gasteiger partial charge in [0.1, 0.15) is 11.6 Å². The molecule has 2 rings (SSSR count). The number of nitrogens with two attached hydrogens (primary N) is 1. The maximum atomic E-state index is 5.85. The smallest absolute Gasteiger partial charge is 0.136 e. The molecule has 0 atom stereocenters. The number of aromatic nitrogens is 4. The third kappa shape index (κ3) is 2.50. The van der Waals surface area contributed by atoms with Crippen LogP contribution in [0.3, 0.4) is 0 Å². The number of hydrogen-bond donors (Lipinski definition) is 1. The molecule has 0 amide bonds. The molecule has 96 valence electrons. The zero-order chi connectivity index (χ0) is 13.3. The van der Waals surface area contributed by atoms with E-state index in [-0.39, 0.29) is 5.41 Å². The lowest BCUT2D eigenvalue weighted by Gasteiger charge is -2.17. The van der Waals surface area contributed by atoms with Crippen molar-refractivity contribution in [2.75, 3.05) is 5.73 Å². The largest absolute Gasteiger partial charge is 0.384 e. The zero-order valence-electron chi connectivity index (χ0n) is 11.3. The lowest BCUT2D eigenvalue weighted by Crippen LogP contribution is -2.17. The Labute approximate surface area is 107 Å². The molecule has 5 heteroatoms. The van der Waals surface area contributed by atoms with E-state index in [2.05, 4.69) is 35.8 Å². The fourth-order valence-corrected chi connectivity index (χ4v) is 1.62. The van der Waals surface area contributed by atoms with Crippen LogP contribution in [0, 0.1) is 0 Å². The van der Waals surface area contributed by atoms with E-state index in [1.54, 1.807) is 12.3 Å². The van der Waals surface area contributed by atoms with Gasteiger partial charge in [0.2, 0.25) is 0 Å². The van der Waals surface area contributed by atoms with Gasteiger partial charge in [-0.25, -0.2) is 9.97 Å². The molecule has 0 aliphatic rings. The van der Waals surface area contributed by atoms with Crippen molar-refractivity contribution in [1.29, 1.82) is 0 Å². The average Bonchev–Trinajstić information content (AvgIpc) is 2.75. The second-order valence-corrected chi connectivity index (χ2v) is 5.34. The molecule has 0 spiro atoms. The van der Waals surface area contributed by atoms with Crippen LogP contribution >= 0.6 is 0 Å². The minimum Gasteiger partial charge on any atom is -0.384 e. The number of hydrogen-bond acceptors (Lipinski definition) is 4. The van der Waals surface area contributed by atoms with E-state index in [0.29, 0.717) is 5.82 Å². The lowest BCUT2D eigenvalue weighted by atomic mass is 9.95. The minimum atomic E-state index is -0.120. The minimum absolute atomic E-state index is 0.120. The topological polar surface area (TPSA) is 69.6 Å². The normalized spacial score (nSPS) is 11.8. The first kappa shape index (κ1) is 12.5. The van der Waals surface area contributed by atoms with Gasteiger partial charge in [-0.1, -0.05) is 20.8 Å². The maximum Gasteiger partial charge on any atom is 0.136 e. The fraction of sp³-hybridized carbons (Fsp3) is 0.462. The van der Waals surface area contributed by atoms with Gasteiger partial charge >= 0.3 is 0 Å². The fourth-order valence-electron chi connectivity index (χ4n) is 1.62. The number of nitrogen functional groups attached to an aromatic ring is 1. The molecule has 2 heterocycles. The standard InChI is InChI=1S/C13H19N5/c1-5-18-8-9(7-15-18)10-6-11(14)17-12(16-10)13(2,3)4/h6-8H,5H2,1-4H3,(H2,14,16,17). The summed E-state index contributed by atoms with van der Waals surface area (Å²) in [5.41, 5.74) is 7.53. The number of anilines is 1. The molecule has 0 aliphatic heterocycles. The van der Waals surface area contributed by atoms with Crippen molar-refractivity contribution in [2.45, 2.75) is 39.7 Å². The van der Waals surface area contributed by atoms with E-state index in [0.717, 1.165) is 23.6 Å². The van der Waals surface area contributed by atoms with Crippen LogP contribution in [-0.2, 0) is 12.0 Å². The van der Waals surface area contributed by atoms with Gasteiger partial charge < -0.3 is 5.73 Å². The summed E-state index contributed by atoms with van der Waals surface area (Å²) in [4.78, 5) is 8.88. The second-order valence-electron chi connectivity index (χ2n) is 5.34. The Balaban J connectivity index is 2.48. The molecule has 18 heavy (non-hydrogen) atoms. The molecule has 2 aromatic rings. The van der Waals surface area contributed by atoms with Crippen LogP contribution in [-0.4, -0.2) is 19.7 Å². The first-order valence-electron chi connectivity index (χ1n) is 6.08. The summed E-state index contributed by atoms with van der Waals surface area (Å²) in [6.07, 6.45) is 3.77. The Morgan fingerprint density at radius 2 is 2.00 bits per heavy atom. The highest BCUT2D eigenvalue weighted by molar-refractivity contribution is 5.60. The molecule has 0 unspecified atom stereocenters. The Hall–Kier alpha value is -1.91. The van der Waals surface area contributed by atoms with E-state index in [1.165, 1.54) is 0 Å². The molecule has 0 saturated carbocycles. The summed E-state index contributed by atoms with van der Waals surface area (Å²) in [6, 6.07) is 1.78. The van der Waals surface area contributed by atoms with Crippen LogP contribution in [0.25, 0.3) is 11.3 Å². The van der Waals surface area contributed by atoms with E-state index in [1.807, 2.05) is 17.8 Å². The summed E-state index contributed by atoms with van der Waals surface area (Å²) in [5, 5.41) is 4.25. The molecule has 0 aromatic carbocycles. The summed E-state index contributed by atoms with van der Waals surface area (Å²) in [5.74, 6) is 1.25. The highest BCUT2D eigenvalue weighted by Crippen LogP contribution is 2.24. The van der Waals surface area contributed by atoms with Crippen molar-refractivity contribution in [3.63, 3.8) is 0 Å². The molecule has 0 aliphatic carbocycles.